The third kappa shape index (κ3) is 48.6. The molecule has 4 N–H and O–H groups in total. The molecule has 0 heterocycles. The second kappa shape index (κ2) is 48.0. The molecule has 0 rings (SSSR count). The van der Waals surface area contributed by atoms with Crippen LogP contribution < -0.4 is 5.32 Å². The Bertz CT molecular complexity index is 900. The van der Waals surface area contributed by atoms with Gasteiger partial charge in [-0.25, -0.2) is 4.57 Å². The van der Waals surface area contributed by atoms with Crippen LogP contribution in [0.4, 0.5) is 0 Å². The van der Waals surface area contributed by atoms with Crippen LogP contribution >= 0.6 is 7.82 Å². The highest BCUT2D eigenvalue weighted by Gasteiger charge is 2.25. The first-order chi connectivity index (χ1) is 29.3. The Morgan fingerprint density at radius 3 is 0.900 bits per heavy atom. The topological polar surface area (TPSA) is 116 Å². The van der Waals surface area contributed by atoms with Crippen LogP contribution in [0.3, 0.4) is 0 Å². The summed E-state index contributed by atoms with van der Waals surface area (Å²) in [4.78, 5) is 31.1. The second-order valence-electron chi connectivity index (χ2n) is 18.9. The fourth-order valence-electron chi connectivity index (χ4n) is 8.76. The van der Waals surface area contributed by atoms with Crippen molar-refractivity contribution < 1.29 is 28.8 Å². The number of unbranched alkanes of at least 4 members (excludes halogenated alkanes) is 42. The first-order valence-corrected chi connectivity index (χ1v) is 28.5. The van der Waals surface area contributed by atoms with Crippen molar-refractivity contribution in [2.45, 2.75) is 321 Å². The molecular formula is C52H106NO6P. The molecule has 0 aromatic heterocycles. The summed E-state index contributed by atoms with van der Waals surface area (Å²) in [6.07, 6.45) is 58.4. The van der Waals surface area contributed by atoms with Gasteiger partial charge in [-0.05, 0) is 12.8 Å². The van der Waals surface area contributed by atoms with E-state index in [1.54, 1.807) is 0 Å². The number of hydrogen-bond acceptors (Lipinski definition) is 4. The molecule has 0 aliphatic heterocycles. The van der Waals surface area contributed by atoms with Crippen molar-refractivity contribution >= 4 is 13.7 Å². The summed E-state index contributed by atoms with van der Waals surface area (Å²) in [7, 11) is -4.69. The number of phosphoric acid groups is 1. The van der Waals surface area contributed by atoms with Crippen LogP contribution in [0.15, 0.2) is 0 Å². The Labute approximate surface area is 374 Å². The van der Waals surface area contributed by atoms with Crippen LogP contribution in [0.25, 0.3) is 0 Å². The molecule has 0 aromatic carbocycles. The zero-order valence-corrected chi connectivity index (χ0v) is 41.3. The van der Waals surface area contributed by atoms with Crippen molar-refractivity contribution in [3.8, 4) is 0 Å². The molecule has 0 unspecified atom stereocenters. The van der Waals surface area contributed by atoms with Gasteiger partial charge in [0.2, 0.25) is 5.91 Å². The van der Waals surface area contributed by atoms with Crippen LogP contribution in [0.1, 0.15) is 309 Å². The maximum atomic E-state index is 12.7. The van der Waals surface area contributed by atoms with Crippen molar-refractivity contribution in [2.24, 2.45) is 0 Å². The summed E-state index contributed by atoms with van der Waals surface area (Å²) in [5.41, 5.74) is 0. The van der Waals surface area contributed by atoms with E-state index in [0.717, 1.165) is 38.5 Å². The van der Waals surface area contributed by atoms with Crippen LogP contribution in [-0.4, -0.2) is 39.6 Å². The monoisotopic (exact) mass is 872 g/mol. The van der Waals surface area contributed by atoms with Gasteiger partial charge in [-0.1, -0.05) is 290 Å². The Balaban J connectivity index is 3.68. The molecule has 0 fully saturated rings. The Morgan fingerprint density at radius 1 is 0.417 bits per heavy atom. The summed E-state index contributed by atoms with van der Waals surface area (Å²) in [5.74, 6) is -0.185. The van der Waals surface area contributed by atoms with Crippen LogP contribution in [0, 0.1) is 0 Å². The third-order valence-corrected chi connectivity index (χ3v) is 13.3. The van der Waals surface area contributed by atoms with E-state index >= 15 is 0 Å². The highest BCUT2D eigenvalue weighted by molar-refractivity contribution is 7.46. The molecule has 1 amide bonds. The number of aliphatic hydroxyl groups excluding tert-OH is 1. The Morgan fingerprint density at radius 2 is 0.650 bits per heavy atom. The molecule has 0 bridgehead atoms. The first kappa shape index (κ1) is 59.5. The predicted octanol–water partition coefficient (Wildman–Crippen LogP) is 16.9. The average Bonchev–Trinajstić information content (AvgIpc) is 3.22. The number of carbonyl (C=O) groups is 1. The van der Waals surface area contributed by atoms with E-state index in [0.29, 0.717) is 12.8 Å². The van der Waals surface area contributed by atoms with Gasteiger partial charge in [0.15, 0.2) is 0 Å². The van der Waals surface area contributed by atoms with Gasteiger partial charge >= 0.3 is 7.82 Å². The number of hydrogen-bond donors (Lipinski definition) is 4. The van der Waals surface area contributed by atoms with Crippen molar-refractivity contribution in [3.05, 3.63) is 0 Å². The molecule has 2 atom stereocenters. The van der Waals surface area contributed by atoms with Gasteiger partial charge in [0.1, 0.15) is 0 Å². The van der Waals surface area contributed by atoms with E-state index in [-0.39, 0.29) is 5.91 Å². The quantitative estimate of drug-likeness (QED) is 0.0357. The highest BCUT2D eigenvalue weighted by Crippen LogP contribution is 2.36. The fraction of sp³-hybridized carbons (Fsp3) is 0.981. The number of amides is 1. The largest absolute Gasteiger partial charge is 0.469 e. The zero-order chi connectivity index (χ0) is 43.9. The highest BCUT2D eigenvalue weighted by atomic mass is 31.2. The lowest BCUT2D eigenvalue weighted by Gasteiger charge is -2.24. The van der Waals surface area contributed by atoms with Crippen LogP contribution in [0.5, 0.6) is 0 Å². The number of carbonyl (C=O) groups excluding carboxylic acids is 1. The molecule has 0 aliphatic rings. The molecule has 0 radical (unpaired) electrons. The lowest BCUT2D eigenvalue weighted by molar-refractivity contribution is -0.123. The van der Waals surface area contributed by atoms with Gasteiger partial charge in [0.05, 0.1) is 18.8 Å². The summed E-state index contributed by atoms with van der Waals surface area (Å²) in [5, 5.41) is 13.6. The van der Waals surface area contributed by atoms with Crippen LogP contribution in [-0.2, 0) is 13.9 Å². The maximum absolute atomic E-state index is 12.7. The van der Waals surface area contributed by atoms with Gasteiger partial charge in [0.25, 0.3) is 0 Å². The van der Waals surface area contributed by atoms with Crippen molar-refractivity contribution in [2.75, 3.05) is 6.61 Å². The summed E-state index contributed by atoms with van der Waals surface area (Å²) in [6, 6.07) is -0.819. The average molecular weight is 872 g/mol. The lowest BCUT2D eigenvalue weighted by Crippen LogP contribution is -2.46. The molecule has 0 aliphatic carbocycles. The van der Waals surface area contributed by atoms with Crippen molar-refractivity contribution in [1.82, 2.24) is 5.32 Å². The molecule has 8 heteroatoms. The third-order valence-electron chi connectivity index (χ3n) is 12.8. The van der Waals surface area contributed by atoms with Gasteiger partial charge in [0, 0.05) is 6.42 Å². The number of phosphoric ester groups is 1. The zero-order valence-electron chi connectivity index (χ0n) is 40.4. The van der Waals surface area contributed by atoms with Crippen LogP contribution in [0.2, 0.25) is 0 Å². The number of aliphatic hydroxyl groups is 1. The minimum atomic E-state index is -4.69. The molecule has 0 saturated carbocycles. The fourth-order valence-corrected chi connectivity index (χ4v) is 9.12. The van der Waals surface area contributed by atoms with E-state index in [1.165, 1.54) is 244 Å². The SMILES string of the molecule is CCCCCCCCCCCCCCCCCCCCCCCCCCCCCCC(=O)N[C@@H](COP(=O)(O)O)[C@H](O)CCCCCCCCCCCCCCCCCC. The van der Waals surface area contributed by atoms with Crippen molar-refractivity contribution in [1.29, 1.82) is 0 Å². The molecule has 360 valence electrons. The summed E-state index contributed by atoms with van der Waals surface area (Å²) >= 11 is 0. The molecule has 0 aromatic rings. The molecular weight excluding hydrogens is 766 g/mol. The second-order valence-corrected chi connectivity index (χ2v) is 20.2. The van der Waals surface area contributed by atoms with Gasteiger partial charge in [-0.2, -0.15) is 0 Å². The summed E-state index contributed by atoms with van der Waals surface area (Å²) < 4.78 is 16.0. The molecule has 0 saturated heterocycles. The first-order valence-electron chi connectivity index (χ1n) is 27.0. The minimum Gasteiger partial charge on any atom is -0.391 e. The van der Waals surface area contributed by atoms with Gasteiger partial charge in [-0.15, -0.1) is 0 Å². The predicted molar refractivity (Wildman–Crippen MR) is 260 cm³/mol. The standard InChI is InChI=1S/C52H106NO6P/c1-3-5-7-9-11-13-15-17-19-21-22-23-24-25-26-27-28-29-30-31-32-34-36-38-40-42-44-46-48-52(55)53-50(49-59-60(56,57)58)51(54)47-45-43-41-39-37-35-33-20-18-16-14-12-10-8-6-4-2/h50-51,54H,3-49H2,1-2H3,(H,53,55)(H2,56,57,58)/t50-,51+/m0/s1. The normalized spacial score (nSPS) is 12.9. The van der Waals surface area contributed by atoms with E-state index in [1.807, 2.05) is 0 Å². The van der Waals surface area contributed by atoms with E-state index in [4.69, 9.17) is 4.52 Å². The van der Waals surface area contributed by atoms with Gasteiger partial charge in [-0.3, -0.25) is 9.32 Å². The van der Waals surface area contributed by atoms with E-state index in [9.17, 15) is 24.3 Å². The number of nitrogens with one attached hydrogen (secondary N) is 1. The molecule has 7 nitrogen and oxygen atoms in total. The van der Waals surface area contributed by atoms with Gasteiger partial charge < -0.3 is 20.2 Å². The Kier molecular flexibility index (Phi) is 47.6. The van der Waals surface area contributed by atoms with Crippen molar-refractivity contribution in [3.63, 3.8) is 0 Å². The number of rotatable bonds is 51. The summed E-state index contributed by atoms with van der Waals surface area (Å²) in [6.45, 7) is 4.17. The smallest absolute Gasteiger partial charge is 0.391 e. The molecule has 60 heavy (non-hydrogen) atoms. The van der Waals surface area contributed by atoms with E-state index in [2.05, 4.69) is 19.2 Å². The molecule has 0 spiro atoms. The lowest BCUT2D eigenvalue weighted by atomic mass is 10.0. The van der Waals surface area contributed by atoms with E-state index < -0.39 is 26.6 Å². The minimum absolute atomic E-state index is 0.185. The maximum Gasteiger partial charge on any atom is 0.469 e. The Hall–Kier alpha value is -0.460.